The van der Waals surface area contributed by atoms with Gasteiger partial charge in [0.05, 0.1) is 25.8 Å². The summed E-state index contributed by atoms with van der Waals surface area (Å²) in [6, 6.07) is 8.77. The van der Waals surface area contributed by atoms with Crippen LogP contribution in [0.25, 0.3) is 0 Å². The molecule has 1 aromatic carbocycles. The zero-order valence-electron chi connectivity index (χ0n) is 13.9. The van der Waals surface area contributed by atoms with E-state index in [1.165, 1.54) is 6.20 Å². The summed E-state index contributed by atoms with van der Waals surface area (Å²) in [5.41, 5.74) is 6.59. The third-order valence-electron chi connectivity index (χ3n) is 2.98. The van der Waals surface area contributed by atoms with Gasteiger partial charge in [-0.25, -0.2) is 9.98 Å². The van der Waals surface area contributed by atoms with Crippen molar-refractivity contribution in [3.63, 3.8) is 0 Å². The maximum atomic E-state index is 5.85. The van der Waals surface area contributed by atoms with Crippen molar-refractivity contribution in [3.8, 4) is 17.4 Å². The lowest BCUT2D eigenvalue weighted by Gasteiger charge is -2.11. The number of aromatic nitrogens is 1. The molecule has 2 aromatic rings. The fourth-order valence-corrected chi connectivity index (χ4v) is 1.98. The Morgan fingerprint density at radius 3 is 2.60 bits per heavy atom. The Balaban J connectivity index is 0.00000312. The highest BCUT2D eigenvalue weighted by Gasteiger charge is 2.05. The van der Waals surface area contributed by atoms with Gasteiger partial charge in [-0.2, -0.15) is 0 Å². The van der Waals surface area contributed by atoms with Gasteiger partial charge in [-0.1, -0.05) is 11.6 Å². The van der Waals surface area contributed by atoms with Crippen molar-refractivity contribution >= 4 is 47.2 Å². The van der Waals surface area contributed by atoms with Gasteiger partial charge in [0.1, 0.15) is 6.61 Å². The smallest absolute Gasteiger partial charge is 0.213 e. The third kappa shape index (κ3) is 6.83. The van der Waals surface area contributed by atoms with Gasteiger partial charge in [-0.3, -0.25) is 0 Å². The Labute approximate surface area is 168 Å². The van der Waals surface area contributed by atoms with Gasteiger partial charge in [-0.05, 0) is 18.2 Å². The largest absolute Gasteiger partial charge is 0.493 e. The number of benzene rings is 1. The predicted molar refractivity (Wildman–Crippen MR) is 110 cm³/mol. The van der Waals surface area contributed by atoms with Crippen LogP contribution in [-0.4, -0.2) is 38.3 Å². The first-order valence-corrected chi connectivity index (χ1v) is 7.53. The van der Waals surface area contributed by atoms with Gasteiger partial charge in [-0.15, -0.1) is 24.0 Å². The molecule has 0 fully saturated rings. The highest BCUT2D eigenvalue weighted by molar-refractivity contribution is 14.0. The lowest BCUT2D eigenvalue weighted by atomic mass is 10.3. The lowest BCUT2D eigenvalue weighted by Crippen LogP contribution is -2.23. The number of halogens is 2. The molecule has 0 saturated carbocycles. The summed E-state index contributed by atoms with van der Waals surface area (Å²) >= 11 is 5.75. The molecule has 0 spiro atoms. The van der Waals surface area contributed by atoms with Crippen LogP contribution in [0.3, 0.4) is 0 Å². The Morgan fingerprint density at radius 1 is 1.20 bits per heavy atom. The van der Waals surface area contributed by atoms with E-state index in [2.05, 4.69) is 15.3 Å². The van der Waals surface area contributed by atoms with Crippen molar-refractivity contribution in [3.05, 3.63) is 41.6 Å². The van der Waals surface area contributed by atoms with E-state index in [0.717, 1.165) is 5.69 Å². The predicted octanol–water partition coefficient (Wildman–Crippen LogP) is 3.18. The molecule has 1 aromatic heterocycles. The average molecular weight is 479 g/mol. The highest BCUT2D eigenvalue weighted by atomic mass is 127. The van der Waals surface area contributed by atoms with Gasteiger partial charge in [0.15, 0.2) is 17.5 Å². The van der Waals surface area contributed by atoms with E-state index in [9.17, 15) is 0 Å². The summed E-state index contributed by atoms with van der Waals surface area (Å²) in [5, 5.41) is 3.54. The summed E-state index contributed by atoms with van der Waals surface area (Å²) in [6.07, 6.45) is 1.52. The molecule has 0 aliphatic rings. The van der Waals surface area contributed by atoms with Gasteiger partial charge >= 0.3 is 0 Å². The first kappa shape index (κ1) is 21.1. The minimum absolute atomic E-state index is 0. The number of nitrogens with zero attached hydrogens (tertiary/aromatic N) is 2. The van der Waals surface area contributed by atoms with Crippen molar-refractivity contribution in [1.82, 2.24) is 4.98 Å². The van der Waals surface area contributed by atoms with E-state index in [1.807, 2.05) is 6.07 Å². The molecule has 0 saturated heterocycles. The molecular weight excluding hydrogens is 459 g/mol. The Morgan fingerprint density at radius 2 is 1.96 bits per heavy atom. The van der Waals surface area contributed by atoms with Crippen LogP contribution < -0.4 is 25.3 Å². The normalized spacial score (nSPS) is 10.6. The third-order valence-corrected chi connectivity index (χ3v) is 3.20. The van der Waals surface area contributed by atoms with Gasteiger partial charge < -0.3 is 25.3 Å². The number of nitrogens with two attached hydrogens (primary N) is 1. The van der Waals surface area contributed by atoms with Crippen LogP contribution in [-0.2, 0) is 0 Å². The Hall–Kier alpha value is -1.94. The minimum atomic E-state index is 0. The zero-order chi connectivity index (χ0) is 17.4. The van der Waals surface area contributed by atoms with Crippen molar-refractivity contribution in [2.45, 2.75) is 0 Å². The minimum Gasteiger partial charge on any atom is -0.493 e. The SMILES string of the molecule is COc1ccc(NC(N)=NCCOc2ccc(Cl)cn2)cc1OC.I. The maximum Gasteiger partial charge on any atom is 0.213 e. The molecule has 0 aliphatic heterocycles. The Bertz CT molecular complexity index is 698. The number of anilines is 1. The summed E-state index contributed by atoms with van der Waals surface area (Å²) < 4.78 is 15.8. The molecule has 0 atom stereocenters. The molecule has 25 heavy (non-hydrogen) atoms. The van der Waals surface area contributed by atoms with Crippen LogP contribution >= 0.6 is 35.6 Å². The van der Waals surface area contributed by atoms with E-state index in [1.54, 1.807) is 38.5 Å². The summed E-state index contributed by atoms with van der Waals surface area (Å²) in [6.45, 7) is 0.735. The van der Waals surface area contributed by atoms with Gasteiger partial charge in [0.25, 0.3) is 0 Å². The van der Waals surface area contributed by atoms with Gasteiger partial charge in [0, 0.05) is 24.0 Å². The standard InChI is InChI=1S/C16H19ClN4O3.HI/c1-22-13-5-4-12(9-14(13)23-2)21-16(18)19-7-8-24-15-6-3-11(17)10-20-15;/h3-6,9-10H,7-8H2,1-2H3,(H3,18,19,21);1H. The van der Waals surface area contributed by atoms with E-state index in [-0.39, 0.29) is 29.9 Å². The Kier molecular flexibility index (Phi) is 9.14. The van der Waals surface area contributed by atoms with E-state index in [4.69, 9.17) is 31.5 Å². The van der Waals surface area contributed by atoms with Crippen LogP contribution in [0.1, 0.15) is 0 Å². The number of aliphatic imine (C=N–C) groups is 1. The fourth-order valence-electron chi connectivity index (χ4n) is 1.87. The number of guanidine groups is 1. The molecule has 0 aliphatic carbocycles. The van der Waals surface area contributed by atoms with Crippen molar-refractivity contribution < 1.29 is 14.2 Å². The molecule has 1 heterocycles. The van der Waals surface area contributed by atoms with Crippen LogP contribution in [0.4, 0.5) is 5.69 Å². The van der Waals surface area contributed by atoms with Crippen molar-refractivity contribution in [2.24, 2.45) is 10.7 Å². The second-order valence-electron chi connectivity index (χ2n) is 4.62. The van der Waals surface area contributed by atoms with Crippen molar-refractivity contribution in [2.75, 3.05) is 32.7 Å². The average Bonchev–Trinajstić information content (AvgIpc) is 2.60. The number of hydrogen-bond acceptors (Lipinski definition) is 5. The molecule has 9 heteroatoms. The second-order valence-corrected chi connectivity index (χ2v) is 5.06. The number of rotatable bonds is 7. The number of ether oxygens (including phenoxy) is 3. The molecule has 7 nitrogen and oxygen atoms in total. The number of hydrogen-bond donors (Lipinski definition) is 2. The van der Waals surface area contributed by atoms with Crippen molar-refractivity contribution in [1.29, 1.82) is 0 Å². The quantitative estimate of drug-likeness (QED) is 0.275. The van der Waals surface area contributed by atoms with Crippen LogP contribution in [0.15, 0.2) is 41.5 Å². The van der Waals surface area contributed by atoms with Crippen LogP contribution in [0.5, 0.6) is 17.4 Å². The summed E-state index contributed by atoms with van der Waals surface area (Å²) in [5.74, 6) is 2.01. The maximum absolute atomic E-state index is 5.85. The number of pyridine rings is 1. The lowest BCUT2D eigenvalue weighted by molar-refractivity contribution is 0.316. The first-order valence-electron chi connectivity index (χ1n) is 7.15. The molecule has 2 rings (SSSR count). The molecule has 0 unspecified atom stereocenters. The molecule has 0 amide bonds. The van der Waals surface area contributed by atoms with E-state index < -0.39 is 0 Å². The van der Waals surface area contributed by atoms with Gasteiger partial charge in [0.2, 0.25) is 5.88 Å². The number of methoxy groups -OCH3 is 2. The monoisotopic (exact) mass is 478 g/mol. The first-order chi connectivity index (χ1) is 11.6. The summed E-state index contributed by atoms with van der Waals surface area (Å²) in [7, 11) is 3.15. The molecule has 3 N–H and O–H groups in total. The van der Waals surface area contributed by atoms with Crippen LogP contribution in [0, 0.1) is 0 Å². The van der Waals surface area contributed by atoms with E-state index >= 15 is 0 Å². The zero-order valence-corrected chi connectivity index (χ0v) is 16.9. The summed E-state index contributed by atoms with van der Waals surface area (Å²) in [4.78, 5) is 8.21. The molecular formula is C16H20ClIN4O3. The second kappa shape index (κ2) is 10.8. The number of nitrogens with one attached hydrogen (secondary N) is 1. The highest BCUT2D eigenvalue weighted by Crippen LogP contribution is 2.29. The van der Waals surface area contributed by atoms with Crippen LogP contribution in [0.2, 0.25) is 5.02 Å². The van der Waals surface area contributed by atoms with E-state index in [0.29, 0.717) is 35.6 Å². The topological polar surface area (TPSA) is 91.0 Å². The molecule has 136 valence electrons. The fraction of sp³-hybridized carbons (Fsp3) is 0.250. The molecule has 0 radical (unpaired) electrons. The molecule has 0 bridgehead atoms.